The molecule has 0 fully saturated rings. The Labute approximate surface area is 42.3 Å². The molecule has 0 heterocycles. The van der Waals surface area contributed by atoms with E-state index in [0.29, 0.717) is 0 Å². The molecule has 0 amide bonds. The highest BCUT2D eigenvalue weighted by atomic mass is 14.2. The quantitative estimate of drug-likeness (QED) is 0.414. The van der Waals surface area contributed by atoms with Crippen LogP contribution in [0.5, 0.6) is 0 Å². The molecule has 0 atom stereocenters. The van der Waals surface area contributed by atoms with Crippen molar-refractivity contribution in [3.8, 4) is 12.1 Å². The van der Waals surface area contributed by atoms with Crippen molar-refractivity contribution in [3.63, 3.8) is 0 Å². The van der Waals surface area contributed by atoms with Gasteiger partial charge in [0.05, 0.1) is 12.1 Å². The van der Waals surface area contributed by atoms with Crippen LogP contribution in [0.4, 0.5) is 0 Å². The standard InChI is InChI=1S/C5H3N2/c1-5(4-7)2-3-6/h2H,1H2/b5-2-. The third-order valence-electron chi connectivity index (χ3n) is 0.382. The molecule has 7 heavy (non-hydrogen) atoms. The fourth-order valence-electron chi connectivity index (χ4n) is 0.110. The Balaban J connectivity index is 3.89. The van der Waals surface area contributed by atoms with E-state index in [-0.39, 0.29) is 5.57 Å². The molecule has 0 rings (SSSR count). The lowest BCUT2D eigenvalue weighted by Gasteiger charge is -1.68. The lowest BCUT2D eigenvalue weighted by atomic mass is 10.3. The molecular formula is C5H3N2. The zero-order valence-corrected chi connectivity index (χ0v) is 3.68. The molecule has 0 spiro atoms. The number of allylic oxidation sites excluding steroid dienone is 2. The predicted molar refractivity (Wildman–Crippen MR) is 24.7 cm³/mol. The second-order valence-electron chi connectivity index (χ2n) is 0.910. The molecular weight excluding hydrogens is 88.1 g/mol. The summed E-state index contributed by atoms with van der Waals surface area (Å²) in [4.78, 5) is 0. The molecule has 33 valence electrons. The summed E-state index contributed by atoms with van der Waals surface area (Å²) in [6.07, 6.45) is 1.10. The van der Waals surface area contributed by atoms with Gasteiger partial charge >= 0.3 is 0 Å². The molecule has 0 aliphatic carbocycles. The van der Waals surface area contributed by atoms with Gasteiger partial charge in [0.25, 0.3) is 0 Å². The van der Waals surface area contributed by atoms with Gasteiger partial charge in [-0.3, -0.25) is 0 Å². The Morgan fingerprint density at radius 2 is 2.14 bits per heavy atom. The number of rotatable bonds is 0. The average Bonchev–Trinajstić information content (AvgIpc) is 1.68. The molecule has 1 radical (unpaired) electrons. The maximum atomic E-state index is 7.93. The molecule has 0 saturated heterocycles. The van der Waals surface area contributed by atoms with Gasteiger partial charge in [0.15, 0.2) is 0 Å². The van der Waals surface area contributed by atoms with Crippen molar-refractivity contribution in [1.82, 2.24) is 0 Å². The van der Waals surface area contributed by atoms with Crippen molar-refractivity contribution in [2.24, 2.45) is 0 Å². The van der Waals surface area contributed by atoms with Gasteiger partial charge in [-0.05, 0) is 6.92 Å². The van der Waals surface area contributed by atoms with Crippen molar-refractivity contribution in [3.05, 3.63) is 18.6 Å². The third-order valence-corrected chi connectivity index (χ3v) is 0.382. The van der Waals surface area contributed by atoms with Gasteiger partial charge < -0.3 is 0 Å². The van der Waals surface area contributed by atoms with E-state index in [1.807, 2.05) is 0 Å². The Bertz CT molecular complexity index is 154. The summed E-state index contributed by atoms with van der Waals surface area (Å²) in [6.45, 7) is 3.22. The van der Waals surface area contributed by atoms with E-state index in [2.05, 4.69) is 6.92 Å². The highest BCUT2D eigenvalue weighted by Gasteiger charge is 1.76. The Kier molecular flexibility index (Phi) is 2.40. The van der Waals surface area contributed by atoms with Crippen LogP contribution in [-0.2, 0) is 0 Å². The van der Waals surface area contributed by atoms with Crippen LogP contribution in [0.2, 0.25) is 0 Å². The Morgan fingerprint density at radius 1 is 1.57 bits per heavy atom. The molecule has 0 N–H and O–H groups in total. The SMILES string of the molecule is [CH2]/C(C#N)=C/C#N. The van der Waals surface area contributed by atoms with E-state index in [4.69, 9.17) is 10.5 Å². The van der Waals surface area contributed by atoms with Gasteiger partial charge in [-0.15, -0.1) is 0 Å². The maximum absolute atomic E-state index is 7.93. The second kappa shape index (κ2) is 2.93. The molecule has 2 nitrogen and oxygen atoms in total. The molecule has 0 bridgehead atoms. The molecule has 0 aromatic heterocycles. The van der Waals surface area contributed by atoms with Crippen molar-refractivity contribution in [2.45, 2.75) is 0 Å². The summed E-state index contributed by atoms with van der Waals surface area (Å²) in [5.41, 5.74) is 0.197. The molecule has 0 aromatic rings. The van der Waals surface area contributed by atoms with Gasteiger partial charge in [-0.25, -0.2) is 0 Å². The minimum Gasteiger partial charge on any atom is -0.193 e. The van der Waals surface area contributed by atoms with Crippen molar-refractivity contribution < 1.29 is 0 Å². The maximum Gasteiger partial charge on any atom is 0.0954 e. The summed E-state index contributed by atoms with van der Waals surface area (Å²) in [6, 6.07) is 3.36. The summed E-state index contributed by atoms with van der Waals surface area (Å²) >= 11 is 0. The highest BCUT2D eigenvalue weighted by Crippen LogP contribution is 1.82. The number of hydrogen-bond acceptors (Lipinski definition) is 2. The van der Waals surface area contributed by atoms with Gasteiger partial charge in [-0.1, -0.05) is 0 Å². The van der Waals surface area contributed by atoms with Crippen molar-refractivity contribution in [2.75, 3.05) is 0 Å². The van der Waals surface area contributed by atoms with Crippen LogP contribution >= 0.6 is 0 Å². The molecule has 0 unspecified atom stereocenters. The van der Waals surface area contributed by atoms with Crippen LogP contribution in [0.1, 0.15) is 0 Å². The summed E-state index contributed by atoms with van der Waals surface area (Å²) in [7, 11) is 0. The first-order valence-corrected chi connectivity index (χ1v) is 1.63. The van der Waals surface area contributed by atoms with Crippen LogP contribution in [0.25, 0.3) is 0 Å². The average molecular weight is 91.1 g/mol. The summed E-state index contributed by atoms with van der Waals surface area (Å²) in [5, 5.41) is 15.8. The first kappa shape index (κ1) is 5.72. The lowest BCUT2D eigenvalue weighted by Crippen LogP contribution is -1.61. The third kappa shape index (κ3) is 2.52. The van der Waals surface area contributed by atoms with Gasteiger partial charge in [-0.2, -0.15) is 10.5 Å². The zero-order valence-electron chi connectivity index (χ0n) is 3.68. The minimum atomic E-state index is 0.197. The van der Waals surface area contributed by atoms with Crippen LogP contribution in [0.3, 0.4) is 0 Å². The van der Waals surface area contributed by atoms with Gasteiger partial charge in [0.2, 0.25) is 0 Å². The second-order valence-corrected chi connectivity index (χ2v) is 0.910. The first-order chi connectivity index (χ1) is 3.31. The van der Waals surface area contributed by atoms with E-state index >= 15 is 0 Å². The van der Waals surface area contributed by atoms with E-state index < -0.39 is 0 Å². The lowest BCUT2D eigenvalue weighted by molar-refractivity contribution is 1.48. The normalized spacial score (nSPS) is 9.29. The smallest absolute Gasteiger partial charge is 0.0954 e. The topological polar surface area (TPSA) is 47.6 Å². The predicted octanol–water partition coefficient (Wildman–Crippen LogP) is 0.794. The van der Waals surface area contributed by atoms with Crippen LogP contribution < -0.4 is 0 Å². The van der Waals surface area contributed by atoms with Crippen molar-refractivity contribution >= 4 is 0 Å². The van der Waals surface area contributed by atoms with Gasteiger partial charge in [0.1, 0.15) is 0 Å². The molecule has 0 aromatic carbocycles. The van der Waals surface area contributed by atoms with E-state index in [9.17, 15) is 0 Å². The van der Waals surface area contributed by atoms with E-state index in [0.717, 1.165) is 6.08 Å². The Morgan fingerprint density at radius 3 is 2.29 bits per heavy atom. The summed E-state index contributed by atoms with van der Waals surface area (Å²) < 4.78 is 0. The van der Waals surface area contributed by atoms with E-state index in [1.165, 1.54) is 0 Å². The molecule has 0 aliphatic heterocycles. The Hall–Kier alpha value is -1.28. The summed E-state index contributed by atoms with van der Waals surface area (Å²) in [5.74, 6) is 0. The van der Waals surface area contributed by atoms with Crippen molar-refractivity contribution in [1.29, 1.82) is 10.5 Å². The van der Waals surface area contributed by atoms with Crippen LogP contribution in [-0.4, -0.2) is 0 Å². The highest BCUT2D eigenvalue weighted by molar-refractivity contribution is 5.28. The number of nitriles is 2. The zero-order chi connectivity index (χ0) is 5.70. The van der Waals surface area contributed by atoms with Crippen LogP contribution in [0, 0.1) is 29.6 Å². The fraction of sp³-hybridized carbons (Fsp3) is 0. The van der Waals surface area contributed by atoms with Crippen LogP contribution in [0.15, 0.2) is 11.6 Å². The fourth-order valence-corrected chi connectivity index (χ4v) is 0.110. The minimum absolute atomic E-state index is 0.197. The molecule has 0 aliphatic rings. The first-order valence-electron chi connectivity index (χ1n) is 1.63. The number of nitrogens with zero attached hydrogens (tertiary/aromatic N) is 2. The largest absolute Gasteiger partial charge is 0.193 e. The molecule has 2 heteroatoms. The monoisotopic (exact) mass is 91.0 g/mol. The van der Waals surface area contributed by atoms with E-state index in [1.54, 1.807) is 12.1 Å². The molecule has 0 saturated carbocycles. The van der Waals surface area contributed by atoms with Gasteiger partial charge in [0, 0.05) is 11.6 Å². The number of hydrogen-bond donors (Lipinski definition) is 0.